The van der Waals surface area contributed by atoms with E-state index in [0.29, 0.717) is 4.90 Å². The van der Waals surface area contributed by atoms with Gasteiger partial charge in [0.2, 0.25) is 5.88 Å². The minimum Gasteiger partial charge on any atom is -0.494 e. The number of hydrogen-bond acceptors (Lipinski definition) is 5. The average Bonchev–Trinajstić information content (AvgIpc) is 2.83. The van der Waals surface area contributed by atoms with E-state index in [1.807, 2.05) is 0 Å². The fourth-order valence-corrected chi connectivity index (χ4v) is 3.92. The number of rotatable bonds is 2. The van der Waals surface area contributed by atoms with E-state index in [1.165, 1.54) is 29.0 Å². The van der Waals surface area contributed by atoms with E-state index < -0.39 is 0 Å². The molecule has 0 atom stereocenters. The largest absolute Gasteiger partial charge is 0.494 e. The van der Waals surface area contributed by atoms with Crippen molar-refractivity contribution in [1.29, 1.82) is 0 Å². The van der Waals surface area contributed by atoms with E-state index in [2.05, 4.69) is 35.9 Å². The van der Waals surface area contributed by atoms with Gasteiger partial charge in [0.15, 0.2) is 10.2 Å². The standard InChI is InChI=1S/C13H12N2O2S2/c1-6-3-8-9(4-7(6)2)18-13(14-8)19-10-5-11(16)15-12(10)17/h3-5,15-17H,1-2H3. The number of thiazole rings is 1. The fourth-order valence-electron chi connectivity index (χ4n) is 1.79. The van der Waals surface area contributed by atoms with Crippen molar-refractivity contribution in [3.63, 3.8) is 0 Å². The maximum Gasteiger partial charge on any atom is 0.205 e. The summed E-state index contributed by atoms with van der Waals surface area (Å²) in [6, 6.07) is 5.68. The molecule has 0 fully saturated rings. The highest BCUT2D eigenvalue weighted by atomic mass is 32.2. The van der Waals surface area contributed by atoms with Crippen LogP contribution in [0, 0.1) is 13.8 Å². The Labute approximate surface area is 118 Å². The van der Waals surface area contributed by atoms with Gasteiger partial charge in [-0.15, -0.1) is 11.3 Å². The van der Waals surface area contributed by atoms with E-state index in [4.69, 9.17) is 0 Å². The Morgan fingerprint density at radius 1 is 1.16 bits per heavy atom. The van der Waals surface area contributed by atoms with Gasteiger partial charge in [0.1, 0.15) is 0 Å². The Balaban J connectivity index is 2.00. The van der Waals surface area contributed by atoms with Gasteiger partial charge in [-0.05, 0) is 37.1 Å². The van der Waals surface area contributed by atoms with Crippen LogP contribution in [0.2, 0.25) is 0 Å². The number of H-pyrrole nitrogens is 1. The highest BCUT2D eigenvalue weighted by Crippen LogP contribution is 2.40. The molecule has 3 rings (SSSR count). The van der Waals surface area contributed by atoms with Crippen molar-refractivity contribution in [2.75, 3.05) is 0 Å². The van der Waals surface area contributed by atoms with E-state index in [0.717, 1.165) is 14.6 Å². The minimum atomic E-state index is -0.0483. The summed E-state index contributed by atoms with van der Waals surface area (Å²) < 4.78 is 1.97. The lowest BCUT2D eigenvalue weighted by Gasteiger charge is -1.96. The minimum absolute atomic E-state index is 0.0332. The molecule has 3 N–H and O–H groups in total. The first-order valence-corrected chi connectivity index (χ1v) is 7.33. The summed E-state index contributed by atoms with van der Waals surface area (Å²) in [6.07, 6.45) is 0. The molecule has 98 valence electrons. The van der Waals surface area contributed by atoms with Crippen LogP contribution in [0.4, 0.5) is 0 Å². The molecular formula is C13H12N2O2S2. The van der Waals surface area contributed by atoms with Gasteiger partial charge in [-0.1, -0.05) is 11.8 Å². The Hall–Kier alpha value is -1.66. The summed E-state index contributed by atoms with van der Waals surface area (Å²) in [6.45, 7) is 4.15. The van der Waals surface area contributed by atoms with Crippen molar-refractivity contribution in [3.8, 4) is 11.8 Å². The molecule has 0 saturated heterocycles. The number of nitrogens with one attached hydrogen (secondary N) is 1. The second kappa shape index (κ2) is 4.47. The van der Waals surface area contributed by atoms with Gasteiger partial charge in [-0.2, -0.15) is 0 Å². The molecular weight excluding hydrogens is 280 g/mol. The van der Waals surface area contributed by atoms with Crippen LogP contribution in [0.5, 0.6) is 11.8 Å². The molecule has 0 amide bonds. The summed E-state index contributed by atoms with van der Waals surface area (Å²) in [5.74, 6) is -0.0816. The highest BCUT2D eigenvalue weighted by molar-refractivity contribution is 8.01. The zero-order valence-electron chi connectivity index (χ0n) is 10.4. The van der Waals surface area contributed by atoms with Gasteiger partial charge in [0.25, 0.3) is 0 Å². The van der Waals surface area contributed by atoms with Gasteiger partial charge in [-0.25, -0.2) is 4.98 Å². The van der Waals surface area contributed by atoms with Crippen LogP contribution in [-0.4, -0.2) is 20.2 Å². The Bertz CT molecular complexity index is 722. The van der Waals surface area contributed by atoms with Crippen LogP contribution < -0.4 is 0 Å². The monoisotopic (exact) mass is 292 g/mol. The van der Waals surface area contributed by atoms with Gasteiger partial charge in [0, 0.05) is 6.07 Å². The van der Waals surface area contributed by atoms with Crippen LogP contribution in [0.15, 0.2) is 27.4 Å². The maximum atomic E-state index is 9.60. The zero-order chi connectivity index (χ0) is 13.6. The molecule has 2 aromatic heterocycles. The molecule has 6 heteroatoms. The van der Waals surface area contributed by atoms with Crippen LogP contribution >= 0.6 is 23.1 Å². The quantitative estimate of drug-likeness (QED) is 0.672. The third-order valence-electron chi connectivity index (χ3n) is 2.93. The maximum absolute atomic E-state index is 9.60. The molecule has 0 bridgehead atoms. The number of aromatic amines is 1. The number of fused-ring (bicyclic) bond motifs is 1. The molecule has 0 radical (unpaired) electrons. The summed E-state index contributed by atoms with van der Waals surface area (Å²) in [7, 11) is 0. The van der Waals surface area contributed by atoms with Gasteiger partial charge in [-0.3, -0.25) is 4.98 Å². The number of aryl methyl sites for hydroxylation is 2. The summed E-state index contributed by atoms with van der Waals surface area (Å²) in [5, 5.41) is 18.9. The Morgan fingerprint density at radius 2 is 1.89 bits per heavy atom. The number of nitrogens with zero attached hydrogens (tertiary/aromatic N) is 1. The molecule has 0 aliphatic rings. The smallest absolute Gasteiger partial charge is 0.205 e. The molecule has 0 aliphatic carbocycles. The molecule has 0 spiro atoms. The number of aromatic nitrogens is 2. The van der Waals surface area contributed by atoms with Crippen LogP contribution in [-0.2, 0) is 0 Å². The first kappa shape index (κ1) is 12.4. The first-order chi connectivity index (χ1) is 9.02. The average molecular weight is 292 g/mol. The van der Waals surface area contributed by atoms with E-state index in [9.17, 15) is 10.2 Å². The van der Waals surface area contributed by atoms with E-state index >= 15 is 0 Å². The summed E-state index contributed by atoms with van der Waals surface area (Å²) in [4.78, 5) is 7.56. The Morgan fingerprint density at radius 3 is 2.58 bits per heavy atom. The van der Waals surface area contributed by atoms with Gasteiger partial charge >= 0.3 is 0 Å². The number of hydrogen-bond donors (Lipinski definition) is 3. The van der Waals surface area contributed by atoms with E-state index in [-0.39, 0.29) is 11.8 Å². The fraction of sp³-hybridized carbons (Fsp3) is 0.154. The van der Waals surface area contributed by atoms with Gasteiger partial charge in [0.05, 0.1) is 15.1 Å². The predicted octanol–water partition coefficient (Wildman–Crippen LogP) is 3.80. The number of aromatic hydroxyl groups is 2. The van der Waals surface area contributed by atoms with Gasteiger partial charge < -0.3 is 10.2 Å². The first-order valence-electron chi connectivity index (χ1n) is 5.69. The zero-order valence-corrected chi connectivity index (χ0v) is 12.0. The van der Waals surface area contributed by atoms with Crippen molar-refractivity contribution in [3.05, 3.63) is 29.3 Å². The van der Waals surface area contributed by atoms with Crippen molar-refractivity contribution < 1.29 is 10.2 Å². The summed E-state index contributed by atoms with van der Waals surface area (Å²) in [5.41, 5.74) is 3.43. The SMILES string of the molecule is Cc1cc2nc(Sc3cc(O)[nH]c3O)sc2cc1C. The molecule has 1 aromatic carbocycles. The third-order valence-corrected chi connectivity index (χ3v) is 5.04. The topological polar surface area (TPSA) is 69.1 Å². The molecule has 3 aromatic rings. The van der Waals surface area contributed by atoms with Crippen LogP contribution in [0.3, 0.4) is 0 Å². The van der Waals surface area contributed by atoms with Crippen LogP contribution in [0.25, 0.3) is 10.2 Å². The molecule has 2 heterocycles. The second-order valence-corrected chi connectivity index (χ2v) is 6.67. The highest BCUT2D eigenvalue weighted by Gasteiger charge is 2.12. The van der Waals surface area contributed by atoms with Crippen molar-refractivity contribution in [2.24, 2.45) is 0 Å². The van der Waals surface area contributed by atoms with Crippen molar-refractivity contribution in [2.45, 2.75) is 23.1 Å². The lowest BCUT2D eigenvalue weighted by atomic mass is 10.1. The predicted molar refractivity (Wildman–Crippen MR) is 77.3 cm³/mol. The lowest BCUT2D eigenvalue weighted by molar-refractivity contribution is 0.421. The Kier molecular flexibility index (Phi) is 2.91. The molecule has 19 heavy (non-hydrogen) atoms. The second-order valence-electron chi connectivity index (χ2n) is 4.35. The van der Waals surface area contributed by atoms with E-state index in [1.54, 1.807) is 11.3 Å². The van der Waals surface area contributed by atoms with Crippen molar-refractivity contribution >= 4 is 33.3 Å². The van der Waals surface area contributed by atoms with Crippen LogP contribution in [0.1, 0.15) is 11.1 Å². The lowest BCUT2D eigenvalue weighted by Crippen LogP contribution is -1.79. The summed E-state index contributed by atoms with van der Waals surface area (Å²) >= 11 is 2.92. The normalized spacial score (nSPS) is 11.3. The number of benzene rings is 1. The molecule has 0 aliphatic heterocycles. The third kappa shape index (κ3) is 2.29. The van der Waals surface area contributed by atoms with Crippen molar-refractivity contribution in [1.82, 2.24) is 9.97 Å². The molecule has 0 saturated carbocycles. The molecule has 4 nitrogen and oxygen atoms in total. The molecule has 0 unspecified atom stereocenters.